The molecular formula is C20H17N3O5S. The molecular weight excluding hydrogens is 394 g/mol. The van der Waals surface area contributed by atoms with Crippen LogP contribution in [0.4, 0.5) is 10.5 Å². The van der Waals surface area contributed by atoms with Crippen LogP contribution in [0.2, 0.25) is 0 Å². The number of carbonyl (C=O) groups is 4. The number of benzene rings is 2. The molecule has 1 fully saturated rings. The van der Waals surface area contributed by atoms with Crippen LogP contribution in [0.5, 0.6) is 5.75 Å². The van der Waals surface area contributed by atoms with Gasteiger partial charge in [-0.15, -0.1) is 0 Å². The third-order valence-electron chi connectivity index (χ3n) is 3.81. The van der Waals surface area contributed by atoms with E-state index < -0.39 is 23.6 Å². The Morgan fingerprint density at radius 2 is 1.76 bits per heavy atom. The zero-order chi connectivity index (χ0) is 20.8. The lowest BCUT2D eigenvalue weighted by Gasteiger charge is -2.10. The zero-order valence-electron chi connectivity index (χ0n) is 15.2. The standard InChI is InChI=1S/C20H17N3O5S/c21-17(24)11-23-19(26)16(29-20(23)27)10-13-6-4-5-9-15(13)28-12-18(25)22-14-7-2-1-3-8-14/h1-10H,11-12H2,(H2,21,24)(H,22,25)/b16-10-. The summed E-state index contributed by atoms with van der Waals surface area (Å²) < 4.78 is 5.59. The fraction of sp³-hybridized carbons (Fsp3) is 0.100. The summed E-state index contributed by atoms with van der Waals surface area (Å²) in [5, 5.41) is 2.14. The molecule has 8 nitrogen and oxygen atoms in total. The lowest BCUT2D eigenvalue weighted by molar-refractivity contribution is -0.127. The first kappa shape index (κ1) is 20.2. The van der Waals surface area contributed by atoms with Gasteiger partial charge in [0.25, 0.3) is 17.1 Å². The van der Waals surface area contributed by atoms with Gasteiger partial charge in [0.2, 0.25) is 5.91 Å². The molecule has 1 heterocycles. The summed E-state index contributed by atoms with van der Waals surface area (Å²) in [6.07, 6.45) is 1.48. The van der Waals surface area contributed by atoms with E-state index in [4.69, 9.17) is 10.5 Å². The molecule has 2 aromatic carbocycles. The van der Waals surface area contributed by atoms with Gasteiger partial charge in [0, 0.05) is 11.3 Å². The molecule has 148 valence electrons. The first-order valence-corrected chi connectivity index (χ1v) is 9.36. The molecule has 0 spiro atoms. The van der Waals surface area contributed by atoms with Gasteiger partial charge in [0.1, 0.15) is 12.3 Å². The SMILES string of the molecule is NC(=O)CN1C(=O)S/C(=C\c2ccccc2OCC(=O)Nc2ccccc2)C1=O. The number of imide groups is 1. The number of hydrogen-bond donors (Lipinski definition) is 2. The molecule has 0 bridgehead atoms. The van der Waals surface area contributed by atoms with Crippen molar-refractivity contribution in [2.45, 2.75) is 0 Å². The number of anilines is 1. The van der Waals surface area contributed by atoms with Crippen LogP contribution in [0.25, 0.3) is 6.08 Å². The highest BCUT2D eigenvalue weighted by molar-refractivity contribution is 8.18. The molecule has 0 radical (unpaired) electrons. The highest BCUT2D eigenvalue weighted by atomic mass is 32.2. The number of nitrogens with one attached hydrogen (secondary N) is 1. The zero-order valence-corrected chi connectivity index (χ0v) is 16.0. The molecule has 0 atom stereocenters. The Morgan fingerprint density at radius 3 is 2.48 bits per heavy atom. The Kier molecular flexibility index (Phi) is 6.30. The molecule has 29 heavy (non-hydrogen) atoms. The number of rotatable bonds is 7. The van der Waals surface area contributed by atoms with E-state index in [9.17, 15) is 19.2 Å². The smallest absolute Gasteiger partial charge is 0.294 e. The second kappa shape index (κ2) is 9.07. The Balaban J connectivity index is 1.70. The molecule has 1 aliphatic heterocycles. The number of primary amides is 1. The quantitative estimate of drug-likeness (QED) is 0.675. The maximum absolute atomic E-state index is 12.3. The van der Waals surface area contributed by atoms with Crippen LogP contribution in [0.3, 0.4) is 0 Å². The first-order valence-electron chi connectivity index (χ1n) is 8.54. The van der Waals surface area contributed by atoms with Crippen LogP contribution in [0.1, 0.15) is 5.56 Å². The molecule has 0 saturated carbocycles. The van der Waals surface area contributed by atoms with E-state index >= 15 is 0 Å². The fourth-order valence-electron chi connectivity index (χ4n) is 2.53. The van der Waals surface area contributed by atoms with Crippen LogP contribution in [-0.4, -0.2) is 41.0 Å². The van der Waals surface area contributed by atoms with Crippen molar-refractivity contribution in [1.82, 2.24) is 4.90 Å². The summed E-state index contributed by atoms with van der Waals surface area (Å²) in [5.41, 5.74) is 6.24. The Hall–Kier alpha value is -3.59. The molecule has 3 rings (SSSR count). The van der Waals surface area contributed by atoms with Crippen molar-refractivity contribution in [2.24, 2.45) is 5.73 Å². The Bertz CT molecular complexity index is 991. The van der Waals surface area contributed by atoms with Gasteiger partial charge in [-0.05, 0) is 36.0 Å². The van der Waals surface area contributed by atoms with Crippen molar-refractivity contribution in [3.8, 4) is 5.75 Å². The van der Waals surface area contributed by atoms with Crippen molar-refractivity contribution in [3.05, 3.63) is 65.1 Å². The van der Waals surface area contributed by atoms with Gasteiger partial charge in [-0.1, -0.05) is 36.4 Å². The van der Waals surface area contributed by atoms with Crippen molar-refractivity contribution in [2.75, 3.05) is 18.5 Å². The second-order valence-corrected chi connectivity index (χ2v) is 6.97. The highest BCUT2D eigenvalue weighted by Crippen LogP contribution is 2.33. The minimum absolute atomic E-state index is 0.140. The van der Waals surface area contributed by atoms with E-state index in [1.165, 1.54) is 6.08 Å². The number of nitrogens with two attached hydrogens (primary N) is 1. The van der Waals surface area contributed by atoms with Crippen molar-refractivity contribution in [3.63, 3.8) is 0 Å². The third kappa shape index (κ3) is 5.23. The van der Waals surface area contributed by atoms with Gasteiger partial charge in [-0.2, -0.15) is 0 Å². The number of para-hydroxylation sites is 2. The van der Waals surface area contributed by atoms with Gasteiger partial charge < -0.3 is 15.8 Å². The average Bonchev–Trinajstić information content (AvgIpc) is 2.95. The molecule has 0 unspecified atom stereocenters. The number of hydrogen-bond acceptors (Lipinski definition) is 6. The first-order chi connectivity index (χ1) is 13.9. The largest absolute Gasteiger partial charge is 0.483 e. The van der Waals surface area contributed by atoms with Crippen molar-refractivity contribution in [1.29, 1.82) is 0 Å². The summed E-state index contributed by atoms with van der Waals surface area (Å²) in [7, 11) is 0. The van der Waals surface area contributed by atoms with Crippen LogP contribution in [-0.2, 0) is 14.4 Å². The minimum Gasteiger partial charge on any atom is -0.483 e. The lowest BCUT2D eigenvalue weighted by Crippen LogP contribution is -2.36. The van der Waals surface area contributed by atoms with Crippen LogP contribution in [0.15, 0.2) is 59.5 Å². The van der Waals surface area contributed by atoms with Gasteiger partial charge in [-0.3, -0.25) is 24.1 Å². The normalized spacial score (nSPS) is 14.9. The average molecular weight is 411 g/mol. The van der Waals surface area contributed by atoms with Gasteiger partial charge in [0.15, 0.2) is 6.61 Å². The maximum Gasteiger partial charge on any atom is 0.294 e. The predicted molar refractivity (Wildman–Crippen MR) is 109 cm³/mol. The Morgan fingerprint density at radius 1 is 1.07 bits per heavy atom. The number of amides is 4. The van der Waals surface area contributed by atoms with E-state index in [1.54, 1.807) is 48.5 Å². The van der Waals surface area contributed by atoms with Crippen LogP contribution >= 0.6 is 11.8 Å². The molecule has 0 aromatic heterocycles. The van der Waals surface area contributed by atoms with Gasteiger partial charge in [-0.25, -0.2) is 0 Å². The molecule has 1 aliphatic rings. The van der Waals surface area contributed by atoms with E-state index in [0.29, 0.717) is 28.8 Å². The van der Waals surface area contributed by atoms with Gasteiger partial charge in [0.05, 0.1) is 4.91 Å². The van der Waals surface area contributed by atoms with E-state index in [0.717, 1.165) is 4.90 Å². The molecule has 4 amide bonds. The van der Waals surface area contributed by atoms with E-state index in [2.05, 4.69) is 5.32 Å². The topological polar surface area (TPSA) is 119 Å². The van der Waals surface area contributed by atoms with Gasteiger partial charge >= 0.3 is 0 Å². The second-order valence-electron chi connectivity index (χ2n) is 5.97. The van der Waals surface area contributed by atoms with E-state index in [-0.39, 0.29) is 17.4 Å². The Labute approximate surface area is 170 Å². The summed E-state index contributed by atoms with van der Waals surface area (Å²) in [6.45, 7) is -0.706. The number of nitrogens with zero attached hydrogens (tertiary/aromatic N) is 1. The van der Waals surface area contributed by atoms with Crippen molar-refractivity contribution >= 4 is 46.5 Å². The summed E-state index contributed by atoms with van der Waals surface area (Å²) in [6, 6.07) is 15.8. The molecule has 3 N–H and O–H groups in total. The molecule has 0 aliphatic carbocycles. The summed E-state index contributed by atoms with van der Waals surface area (Å²) in [5.74, 6) is -1.35. The lowest BCUT2D eigenvalue weighted by atomic mass is 10.2. The summed E-state index contributed by atoms with van der Waals surface area (Å²) >= 11 is 0.709. The van der Waals surface area contributed by atoms with E-state index in [1.807, 2.05) is 6.07 Å². The molecule has 2 aromatic rings. The number of carbonyl (C=O) groups excluding carboxylic acids is 4. The molecule has 9 heteroatoms. The monoisotopic (exact) mass is 411 g/mol. The van der Waals surface area contributed by atoms with Crippen LogP contribution in [0, 0.1) is 0 Å². The molecule has 1 saturated heterocycles. The minimum atomic E-state index is -0.776. The highest BCUT2D eigenvalue weighted by Gasteiger charge is 2.36. The van der Waals surface area contributed by atoms with Crippen molar-refractivity contribution < 1.29 is 23.9 Å². The maximum atomic E-state index is 12.3. The fourth-order valence-corrected chi connectivity index (χ4v) is 3.36. The predicted octanol–water partition coefficient (Wildman–Crippen LogP) is 2.23. The third-order valence-corrected chi connectivity index (χ3v) is 4.72. The summed E-state index contributed by atoms with van der Waals surface area (Å²) in [4.78, 5) is 48.3. The number of thioether (sulfide) groups is 1. The van der Waals surface area contributed by atoms with Crippen LogP contribution < -0.4 is 15.8 Å². The number of ether oxygens (including phenoxy) is 1.